The van der Waals surface area contributed by atoms with Crippen molar-refractivity contribution < 1.29 is 62.2 Å². The molecule has 0 spiro atoms. The van der Waals surface area contributed by atoms with Crippen LogP contribution in [0.4, 0.5) is 40.8 Å². The van der Waals surface area contributed by atoms with E-state index in [1.807, 2.05) is 12.1 Å². The summed E-state index contributed by atoms with van der Waals surface area (Å²) >= 11 is 0. The van der Waals surface area contributed by atoms with Gasteiger partial charge in [-0.25, -0.2) is 19.9 Å². The van der Waals surface area contributed by atoms with Gasteiger partial charge in [-0.05, 0) is 199 Å². The normalized spacial score (nSPS) is 15.9. The predicted molar refractivity (Wildman–Crippen MR) is 322 cm³/mol. The number of carboxylic acids is 1. The number of Topliss-reactive ketones (excluding diaryl/α,β-unsaturated/α-hetero) is 1. The number of nitrogens with zero attached hydrogens (tertiary/aromatic N) is 4. The van der Waals surface area contributed by atoms with Crippen molar-refractivity contribution >= 4 is 35.0 Å². The van der Waals surface area contributed by atoms with Crippen LogP contribution in [0, 0.1) is 89.8 Å². The van der Waals surface area contributed by atoms with Crippen LogP contribution in [-0.4, -0.2) is 102 Å². The van der Waals surface area contributed by atoms with Gasteiger partial charge in [-0.3, -0.25) is 9.59 Å². The van der Waals surface area contributed by atoms with E-state index in [0.29, 0.717) is 41.2 Å². The summed E-state index contributed by atoms with van der Waals surface area (Å²) in [6.45, 7) is -6.48. The van der Waals surface area contributed by atoms with E-state index in [9.17, 15) is 42.5 Å². The number of carboxylic acid groups (broad SMARTS) is 1. The number of aliphatic hydroxyl groups excluding tert-OH is 4. The lowest BCUT2D eigenvalue weighted by Crippen LogP contribution is -2.28. The number of aliphatic carboxylic acids is 1. The van der Waals surface area contributed by atoms with Gasteiger partial charge in [-0.1, -0.05) is 48.5 Å². The maximum absolute atomic E-state index is 12.8. The Morgan fingerprint density at radius 2 is 0.862 bits per heavy atom. The van der Waals surface area contributed by atoms with Gasteiger partial charge in [-0.2, -0.15) is 17.6 Å². The summed E-state index contributed by atoms with van der Waals surface area (Å²) in [7, 11) is 0. The number of anilines is 4. The van der Waals surface area contributed by atoms with Crippen LogP contribution in [0.25, 0.3) is 22.3 Å². The van der Waals surface area contributed by atoms with E-state index in [-0.39, 0.29) is 42.0 Å². The van der Waals surface area contributed by atoms with Crippen molar-refractivity contribution in [2.24, 2.45) is 11.7 Å². The number of ketones is 1. The van der Waals surface area contributed by atoms with Gasteiger partial charge >= 0.3 is 19.2 Å². The number of rotatable bonds is 18. The molecule has 2 saturated carbocycles. The topological polar surface area (TPSA) is 255 Å². The number of nitrogens with two attached hydrogens (primary N) is 1. The van der Waals surface area contributed by atoms with Crippen LogP contribution in [0.1, 0.15) is 80.8 Å². The van der Waals surface area contributed by atoms with Crippen molar-refractivity contribution in [1.82, 2.24) is 19.9 Å². The standard InChI is InChI=1S/C27H29F2N3O4.C20H17F2N3O4.C14H2.C6H13NO/c28-26(29)36-23-11-5-18(6-12-23)20-14-30-27(31-15-20)32-21-7-3-19(4-8-21)24(16-33)25(35)13-17-1-9-22(34)10-2-17;21-19(22)29-16-7-3-12(4-8-16)14-9-23-20(24-10-14)25-15-5-1-13(2-6-15)17(11-26)18(27)28;1-3-5-7-9-11-13-14-12-10-8-6-4-2;7-5-1-3-6(8)4-2-5/h3-8,11-12,14-15,17,22,24,26,33-34H,1-2,9-10,13,16H2,(H,30,31,32);1-10,17,19,26H,11H2,(H,27,28)(H,23,24,25);1-2H;5-6,8H,1-4,7H2/t17?,22?,24-;17-;;/m11../s1. The van der Waals surface area contributed by atoms with Gasteiger partial charge in [0.1, 0.15) is 23.2 Å². The molecule has 2 fully saturated rings. The molecule has 0 unspecified atom stereocenters. The lowest BCUT2D eigenvalue weighted by atomic mass is 9.81. The van der Waals surface area contributed by atoms with Gasteiger partial charge in [0.15, 0.2) is 0 Å². The third-order valence-electron chi connectivity index (χ3n) is 13.1. The zero-order valence-electron chi connectivity index (χ0n) is 46.8. The second kappa shape index (κ2) is 37.2. The van der Waals surface area contributed by atoms with Crippen LogP contribution < -0.4 is 25.8 Å². The van der Waals surface area contributed by atoms with Crippen LogP contribution in [-0.2, 0) is 9.59 Å². The maximum Gasteiger partial charge on any atom is 0.387 e. The lowest BCUT2D eigenvalue weighted by molar-refractivity contribution is -0.139. The van der Waals surface area contributed by atoms with Crippen LogP contribution in [0.15, 0.2) is 122 Å². The van der Waals surface area contributed by atoms with Crippen LogP contribution in [0.3, 0.4) is 0 Å². The number of hydrogen-bond acceptors (Lipinski definition) is 15. The second-order valence-corrected chi connectivity index (χ2v) is 19.2. The fraction of sp³-hybridized carbons (Fsp3) is 0.284. The second-order valence-electron chi connectivity index (χ2n) is 19.2. The van der Waals surface area contributed by atoms with Gasteiger partial charge in [0.25, 0.3) is 0 Å². The molecule has 2 aromatic heterocycles. The SMILES string of the molecule is C#CC#CC#CC#CC#CC#CC#C.NC1CCC(O)CC1.O=C(CC1CCC(O)CC1)[C@H](CO)c1ccc(Nc2ncc(-c3ccc(OC(F)F)cc3)cn2)cc1.O=C(O)[C@H](CO)c1ccc(Nc2ncc(-c3ccc(OC(F)F)cc3)cn2)cc1. The van der Waals surface area contributed by atoms with Crippen molar-refractivity contribution in [3.05, 3.63) is 133 Å². The summed E-state index contributed by atoms with van der Waals surface area (Å²) in [5.41, 5.74) is 11.1. The smallest absolute Gasteiger partial charge is 0.387 e. The van der Waals surface area contributed by atoms with Gasteiger partial charge in [0.2, 0.25) is 11.9 Å². The zero-order valence-corrected chi connectivity index (χ0v) is 46.8. The largest absolute Gasteiger partial charge is 0.481 e. The number of nitrogens with one attached hydrogen (secondary N) is 2. The first-order chi connectivity index (χ1) is 42.1. The van der Waals surface area contributed by atoms with Crippen molar-refractivity contribution in [3.8, 4) is 118 Å². The maximum atomic E-state index is 12.8. The highest BCUT2D eigenvalue weighted by atomic mass is 19.3. The first kappa shape index (κ1) is 67.6. The predicted octanol–water partition coefficient (Wildman–Crippen LogP) is 9.24. The minimum Gasteiger partial charge on any atom is -0.481 e. The molecular weight excluding hydrogens is 1120 g/mol. The van der Waals surface area contributed by atoms with E-state index in [1.165, 1.54) is 24.3 Å². The molecule has 6 aromatic rings. The Bertz CT molecular complexity index is 3480. The Balaban J connectivity index is 0.000000239. The zero-order chi connectivity index (χ0) is 62.8. The van der Waals surface area contributed by atoms with Crippen molar-refractivity contribution in [2.75, 3.05) is 23.8 Å². The summed E-state index contributed by atoms with van der Waals surface area (Å²) in [5.74, 6) is 26.8. The van der Waals surface area contributed by atoms with Crippen molar-refractivity contribution in [3.63, 3.8) is 0 Å². The Hall–Kier alpha value is -10.2. The van der Waals surface area contributed by atoms with Gasteiger partial charge < -0.3 is 51.4 Å². The number of halogens is 4. The minimum atomic E-state index is -2.87. The van der Waals surface area contributed by atoms with Crippen LogP contribution in [0.2, 0.25) is 0 Å². The Morgan fingerprint density at radius 3 is 1.18 bits per heavy atom. The molecular formula is C67H61F4N7O9. The highest BCUT2D eigenvalue weighted by Gasteiger charge is 2.27. The highest BCUT2D eigenvalue weighted by Crippen LogP contribution is 2.31. The van der Waals surface area contributed by atoms with E-state index in [2.05, 4.69) is 111 Å². The molecule has 0 bridgehead atoms. The van der Waals surface area contributed by atoms with Gasteiger partial charge in [0, 0.05) is 59.8 Å². The molecule has 16 nitrogen and oxygen atoms in total. The van der Waals surface area contributed by atoms with E-state index in [1.54, 1.807) is 85.5 Å². The number of aromatic nitrogens is 4. The van der Waals surface area contributed by atoms with E-state index in [4.69, 9.17) is 28.8 Å². The molecule has 87 heavy (non-hydrogen) atoms. The number of terminal acetylenes is 2. The highest BCUT2D eigenvalue weighted by molar-refractivity contribution is 5.86. The summed E-state index contributed by atoms with van der Waals surface area (Å²) in [6.07, 6.45) is 23.2. The molecule has 446 valence electrons. The number of benzene rings is 4. The molecule has 20 heteroatoms. The minimum absolute atomic E-state index is 0.0207. The quantitative estimate of drug-likeness (QED) is 0.0295. The summed E-state index contributed by atoms with van der Waals surface area (Å²) < 4.78 is 57.7. The lowest BCUT2D eigenvalue weighted by Gasteiger charge is -2.26. The molecule has 0 aliphatic heterocycles. The molecule has 0 radical (unpaired) electrons. The number of alkyl halides is 4. The fourth-order valence-corrected chi connectivity index (χ4v) is 8.52. The average Bonchev–Trinajstić information content (AvgIpc) is 3.67. The van der Waals surface area contributed by atoms with E-state index in [0.717, 1.165) is 79.3 Å². The van der Waals surface area contributed by atoms with Gasteiger partial charge in [0.05, 0.1) is 31.3 Å². The summed E-state index contributed by atoms with van der Waals surface area (Å²) in [6, 6.07) is 26.5. The number of aliphatic hydroxyl groups is 4. The Kier molecular flexibility index (Phi) is 28.9. The number of carbonyl (C=O) groups is 2. The van der Waals surface area contributed by atoms with Gasteiger partial charge in [-0.15, -0.1) is 12.8 Å². The molecule has 2 heterocycles. The first-order valence-corrected chi connectivity index (χ1v) is 27.1. The van der Waals surface area contributed by atoms with E-state index < -0.39 is 37.6 Å². The molecule has 2 atom stereocenters. The number of carbonyl (C=O) groups excluding carboxylic acids is 1. The number of hydrogen-bond donors (Lipinski definition) is 8. The van der Waals surface area contributed by atoms with Crippen LogP contribution >= 0.6 is 0 Å². The first-order valence-electron chi connectivity index (χ1n) is 27.1. The molecule has 9 N–H and O–H groups in total. The molecule has 2 aliphatic carbocycles. The van der Waals surface area contributed by atoms with Crippen LogP contribution in [0.5, 0.6) is 11.5 Å². The fourth-order valence-electron chi connectivity index (χ4n) is 8.52. The van der Waals surface area contributed by atoms with Crippen molar-refractivity contribution in [1.29, 1.82) is 0 Å². The Labute approximate surface area is 502 Å². The molecule has 0 saturated heterocycles. The monoisotopic (exact) mass is 1180 g/mol. The molecule has 4 aromatic carbocycles. The molecule has 0 amide bonds. The number of ether oxygens (including phenoxy) is 2. The summed E-state index contributed by atoms with van der Waals surface area (Å²) in [5, 5.41) is 52.8. The van der Waals surface area contributed by atoms with E-state index >= 15 is 0 Å². The molecule has 2 aliphatic rings. The molecule has 8 rings (SSSR count). The van der Waals surface area contributed by atoms with Crippen molar-refractivity contribution in [2.45, 2.75) is 101 Å². The average molecular weight is 1180 g/mol. The summed E-state index contributed by atoms with van der Waals surface area (Å²) in [4.78, 5) is 40.9. The Morgan fingerprint density at radius 1 is 0.517 bits per heavy atom. The third kappa shape index (κ3) is 24.9. The third-order valence-corrected chi connectivity index (χ3v) is 13.1.